The molecule has 2 heterocycles. The second-order valence-electron chi connectivity index (χ2n) is 5.37. The topological polar surface area (TPSA) is 27.8 Å². The van der Waals surface area contributed by atoms with Gasteiger partial charge in [-0.15, -0.1) is 11.3 Å². The second kappa shape index (κ2) is 5.43. The summed E-state index contributed by atoms with van der Waals surface area (Å²) in [5.41, 5.74) is 3.95. The average Bonchev–Trinajstić information content (AvgIpc) is 3.01. The molecule has 0 fully saturated rings. The lowest BCUT2D eigenvalue weighted by atomic mass is 10.1. The molecule has 3 aromatic rings. The summed E-state index contributed by atoms with van der Waals surface area (Å²) in [5, 5.41) is 4.89. The van der Waals surface area contributed by atoms with E-state index < -0.39 is 0 Å². The van der Waals surface area contributed by atoms with Crippen molar-refractivity contribution in [1.29, 1.82) is 0 Å². The monoisotopic (exact) mass is 284 g/mol. The van der Waals surface area contributed by atoms with Gasteiger partial charge in [-0.05, 0) is 55.5 Å². The van der Waals surface area contributed by atoms with Crippen molar-refractivity contribution >= 4 is 22.2 Å². The van der Waals surface area contributed by atoms with E-state index in [2.05, 4.69) is 61.4 Å². The first-order valence-corrected chi connectivity index (χ1v) is 7.81. The Hall–Kier alpha value is -1.58. The standard InChI is InChI=1S/C17H20N2S/c1-11-8-16(13(3)20-11)12(2)19-10-14-4-5-15-6-7-18-17(15)9-14/h4-9,12,18-19H,10H2,1-3H3. The predicted molar refractivity (Wildman–Crippen MR) is 87.3 cm³/mol. The van der Waals surface area contributed by atoms with Crippen LogP contribution in [0.15, 0.2) is 36.5 Å². The first-order chi connectivity index (χ1) is 9.63. The molecule has 104 valence electrons. The summed E-state index contributed by atoms with van der Waals surface area (Å²) in [6.07, 6.45) is 1.99. The Morgan fingerprint density at radius 3 is 2.80 bits per heavy atom. The van der Waals surface area contributed by atoms with Crippen LogP contribution in [-0.2, 0) is 6.54 Å². The molecule has 3 heteroatoms. The molecular weight excluding hydrogens is 264 g/mol. The molecule has 0 bridgehead atoms. The van der Waals surface area contributed by atoms with Crippen molar-refractivity contribution in [1.82, 2.24) is 10.3 Å². The van der Waals surface area contributed by atoms with E-state index in [0.29, 0.717) is 6.04 Å². The highest BCUT2D eigenvalue weighted by atomic mass is 32.1. The van der Waals surface area contributed by atoms with Gasteiger partial charge in [0, 0.05) is 34.1 Å². The van der Waals surface area contributed by atoms with E-state index in [-0.39, 0.29) is 0 Å². The van der Waals surface area contributed by atoms with Crippen LogP contribution in [0.4, 0.5) is 0 Å². The molecule has 0 aliphatic heterocycles. The lowest BCUT2D eigenvalue weighted by molar-refractivity contribution is 0.574. The van der Waals surface area contributed by atoms with Gasteiger partial charge in [-0.25, -0.2) is 0 Å². The normalized spacial score (nSPS) is 12.9. The zero-order valence-corrected chi connectivity index (χ0v) is 13.0. The summed E-state index contributed by atoms with van der Waals surface area (Å²) in [6.45, 7) is 7.51. The lowest BCUT2D eigenvalue weighted by Crippen LogP contribution is -2.18. The summed E-state index contributed by atoms with van der Waals surface area (Å²) >= 11 is 1.88. The van der Waals surface area contributed by atoms with Crippen molar-refractivity contribution in [3.63, 3.8) is 0 Å². The summed E-state index contributed by atoms with van der Waals surface area (Å²) in [7, 11) is 0. The highest BCUT2D eigenvalue weighted by molar-refractivity contribution is 7.12. The number of H-pyrrole nitrogens is 1. The number of hydrogen-bond acceptors (Lipinski definition) is 2. The van der Waals surface area contributed by atoms with Crippen LogP contribution >= 0.6 is 11.3 Å². The zero-order valence-electron chi connectivity index (χ0n) is 12.2. The van der Waals surface area contributed by atoms with E-state index >= 15 is 0 Å². The van der Waals surface area contributed by atoms with Crippen LogP contribution < -0.4 is 5.32 Å². The first-order valence-electron chi connectivity index (χ1n) is 7.00. The number of benzene rings is 1. The van der Waals surface area contributed by atoms with Crippen LogP contribution in [0.25, 0.3) is 10.9 Å². The van der Waals surface area contributed by atoms with E-state index in [9.17, 15) is 0 Å². The van der Waals surface area contributed by atoms with Crippen molar-refractivity contribution in [3.8, 4) is 0 Å². The van der Waals surface area contributed by atoms with Gasteiger partial charge in [0.2, 0.25) is 0 Å². The number of aromatic amines is 1. The Morgan fingerprint density at radius 2 is 2.05 bits per heavy atom. The fourth-order valence-corrected chi connectivity index (χ4v) is 3.69. The third kappa shape index (κ3) is 2.65. The maximum atomic E-state index is 3.62. The number of rotatable bonds is 4. The molecule has 0 saturated heterocycles. The highest BCUT2D eigenvalue weighted by Crippen LogP contribution is 2.26. The van der Waals surface area contributed by atoms with Gasteiger partial charge >= 0.3 is 0 Å². The fourth-order valence-electron chi connectivity index (χ4n) is 2.67. The van der Waals surface area contributed by atoms with Gasteiger partial charge in [-0.2, -0.15) is 0 Å². The Kier molecular flexibility index (Phi) is 3.64. The molecule has 0 aliphatic rings. The van der Waals surface area contributed by atoms with E-state index in [1.807, 2.05) is 17.5 Å². The third-order valence-corrected chi connectivity index (χ3v) is 4.76. The van der Waals surface area contributed by atoms with Crippen LogP contribution in [0.3, 0.4) is 0 Å². The van der Waals surface area contributed by atoms with Gasteiger partial charge in [0.05, 0.1) is 0 Å². The molecule has 1 atom stereocenters. The number of nitrogens with one attached hydrogen (secondary N) is 2. The molecule has 2 N–H and O–H groups in total. The van der Waals surface area contributed by atoms with Gasteiger partial charge in [-0.1, -0.05) is 12.1 Å². The minimum Gasteiger partial charge on any atom is -0.361 e. The minimum atomic E-state index is 0.388. The third-order valence-electron chi connectivity index (χ3n) is 3.78. The van der Waals surface area contributed by atoms with Gasteiger partial charge in [0.15, 0.2) is 0 Å². The second-order valence-corrected chi connectivity index (χ2v) is 6.83. The molecule has 3 rings (SSSR count). The van der Waals surface area contributed by atoms with Gasteiger partial charge in [0.1, 0.15) is 0 Å². The van der Waals surface area contributed by atoms with E-state index in [4.69, 9.17) is 0 Å². The average molecular weight is 284 g/mol. The summed E-state index contributed by atoms with van der Waals surface area (Å²) in [5.74, 6) is 0. The smallest absolute Gasteiger partial charge is 0.0457 e. The minimum absolute atomic E-state index is 0.388. The summed E-state index contributed by atoms with van der Waals surface area (Å²) < 4.78 is 0. The number of hydrogen-bond donors (Lipinski definition) is 2. The van der Waals surface area contributed by atoms with Crippen LogP contribution in [0, 0.1) is 13.8 Å². The Bertz CT molecular complexity index is 724. The highest BCUT2D eigenvalue weighted by Gasteiger charge is 2.10. The lowest BCUT2D eigenvalue weighted by Gasteiger charge is -2.14. The van der Waals surface area contributed by atoms with Crippen LogP contribution in [0.1, 0.15) is 33.8 Å². The molecule has 1 aromatic carbocycles. The molecule has 0 radical (unpaired) electrons. The maximum Gasteiger partial charge on any atom is 0.0457 e. The van der Waals surface area contributed by atoms with E-state index in [1.54, 1.807) is 0 Å². The quantitative estimate of drug-likeness (QED) is 0.714. The molecule has 2 aromatic heterocycles. The van der Waals surface area contributed by atoms with Gasteiger partial charge < -0.3 is 10.3 Å². The molecule has 1 unspecified atom stereocenters. The Balaban J connectivity index is 1.70. The van der Waals surface area contributed by atoms with E-state index in [1.165, 1.54) is 31.8 Å². The summed E-state index contributed by atoms with van der Waals surface area (Å²) in [6, 6.07) is 11.4. The fraction of sp³-hybridized carbons (Fsp3) is 0.294. The number of fused-ring (bicyclic) bond motifs is 1. The number of aromatic nitrogens is 1. The molecule has 20 heavy (non-hydrogen) atoms. The molecule has 0 amide bonds. The predicted octanol–water partition coefficient (Wildman–Crippen LogP) is 4.70. The van der Waals surface area contributed by atoms with Gasteiger partial charge in [0.25, 0.3) is 0 Å². The zero-order chi connectivity index (χ0) is 14.1. The largest absolute Gasteiger partial charge is 0.361 e. The molecule has 2 nitrogen and oxygen atoms in total. The van der Waals surface area contributed by atoms with Crippen molar-refractivity contribution in [3.05, 3.63) is 57.4 Å². The van der Waals surface area contributed by atoms with Crippen LogP contribution in [-0.4, -0.2) is 4.98 Å². The maximum absolute atomic E-state index is 3.62. The SMILES string of the molecule is Cc1cc(C(C)NCc2ccc3cc[nH]c3c2)c(C)s1. The van der Waals surface area contributed by atoms with Crippen molar-refractivity contribution in [2.24, 2.45) is 0 Å². The van der Waals surface area contributed by atoms with Crippen LogP contribution in [0.5, 0.6) is 0 Å². The van der Waals surface area contributed by atoms with Gasteiger partial charge in [-0.3, -0.25) is 0 Å². The molecular formula is C17H20N2S. The number of aryl methyl sites for hydroxylation is 2. The van der Waals surface area contributed by atoms with Crippen LogP contribution in [0.2, 0.25) is 0 Å². The Labute approximate surface area is 123 Å². The Morgan fingerprint density at radius 1 is 1.20 bits per heavy atom. The van der Waals surface area contributed by atoms with Crippen molar-refractivity contribution in [2.75, 3.05) is 0 Å². The van der Waals surface area contributed by atoms with E-state index in [0.717, 1.165) is 6.54 Å². The van der Waals surface area contributed by atoms with Crippen molar-refractivity contribution < 1.29 is 0 Å². The van der Waals surface area contributed by atoms with Crippen molar-refractivity contribution in [2.45, 2.75) is 33.4 Å². The molecule has 0 spiro atoms. The molecule has 0 saturated carbocycles. The first kappa shape index (κ1) is 13.4. The number of thiophene rings is 1. The molecule has 0 aliphatic carbocycles. The summed E-state index contributed by atoms with van der Waals surface area (Å²) in [4.78, 5) is 6.07.